The Balaban J connectivity index is 2.12. The summed E-state index contributed by atoms with van der Waals surface area (Å²) in [6, 6.07) is 2.87. The molecule has 1 amide bonds. The predicted octanol–water partition coefficient (Wildman–Crippen LogP) is 3.25. The monoisotopic (exact) mass is 310 g/mol. The van der Waals surface area contributed by atoms with Crippen LogP contribution in [0.25, 0.3) is 0 Å². The van der Waals surface area contributed by atoms with E-state index < -0.39 is 0 Å². The Labute approximate surface area is 118 Å². The van der Waals surface area contributed by atoms with Gasteiger partial charge in [-0.1, -0.05) is 34.8 Å². The molecule has 1 fully saturated rings. The van der Waals surface area contributed by atoms with E-state index in [4.69, 9.17) is 34.8 Å². The lowest BCUT2D eigenvalue weighted by molar-refractivity contribution is -0.117. The van der Waals surface area contributed by atoms with Gasteiger partial charge in [-0.2, -0.15) is 0 Å². The van der Waals surface area contributed by atoms with Crippen molar-refractivity contribution >= 4 is 58.2 Å². The van der Waals surface area contributed by atoms with Gasteiger partial charge in [0.2, 0.25) is 5.91 Å². The minimum atomic E-state index is -0.189. The summed E-state index contributed by atoms with van der Waals surface area (Å²) < 4.78 is 0. The lowest BCUT2D eigenvalue weighted by Crippen LogP contribution is -2.37. The highest BCUT2D eigenvalue weighted by Crippen LogP contribution is 2.32. The fraction of sp³-hybridized carbons (Fsp3) is 0.300. The molecule has 1 unspecified atom stereocenters. The van der Waals surface area contributed by atoms with Crippen LogP contribution in [0.2, 0.25) is 15.1 Å². The molecule has 1 aromatic rings. The van der Waals surface area contributed by atoms with E-state index >= 15 is 0 Å². The van der Waals surface area contributed by atoms with Crippen LogP contribution in [0.4, 0.5) is 5.69 Å². The smallest absolute Gasteiger partial charge is 0.242 e. The Morgan fingerprint density at radius 2 is 2.00 bits per heavy atom. The Bertz CT molecular complexity index is 449. The van der Waals surface area contributed by atoms with E-state index in [9.17, 15) is 4.79 Å². The van der Waals surface area contributed by atoms with Crippen molar-refractivity contribution in [2.24, 2.45) is 0 Å². The van der Waals surface area contributed by atoms with Crippen LogP contribution in [0.5, 0.6) is 0 Å². The van der Waals surface area contributed by atoms with Crippen molar-refractivity contribution in [3.63, 3.8) is 0 Å². The van der Waals surface area contributed by atoms with Gasteiger partial charge in [-0.05, 0) is 12.1 Å². The number of halogens is 3. The fourth-order valence-electron chi connectivity index (χ4n) is 1.40. The maximum Gasteiger partial charge on any atom is 0.242 e. The average Bonchev–Trinajstić information content (AvgIpc) is 2.79. The van der Waals surface area contributed by atoms with Crippen LogP contribution >= 0.6 is 46.6 Å². The number of hydrogen-bond donors (Lipinski definition) is 2. The van der Waals surface area contributed by atoms with Gasteiger partial charge in [0.05, 0.1) is 26.8 Å². The third kappa shape index (κ3) is 3.20. The second-order valence-corrected chi connectivity index (χ2v) is 5.76. The topological polar surface area (TPSA) is 41.1 Å². The second kappa shape index (κ2) is 5.67. The lowest BCUT2D eigenvalue weighted by Gasteiger charge is -2.12. The first-order chi connectivity index (χ1) is 8.08. The van der Waals surface area contributed by atoms with Gasteiger partial charge < -0.3 is 5.32 Å². The molecule has 0 spiro atoms. The summed E-state index contributed by atoms with van der Waals surface area (Å²) >= 11 is 19.3. The first-order valence-corrected chi connectivity index (χ1v) is 7.13. The molecule has 0 aliphatic carbocycles. The number of hydrogen-bond acceptors (Lipinski definition) is 3. The molecule has 2 N–H and O–H groups in total. The predicted molar refractivity (Wildman–Crippen MR) is 74.4 cm³/mol. The lowest BCUT2D eigenvalue weighted by atomic mass is 10.2. The number of anilines is 1. The third-order valence-corrected chi connectivity index (χ3v) is 4.28. The zero-order valence-corrected chi connectivity index (χ0v) is 11.7. The first kappa shape index (κ1) is 13.3. The summed E-state index contributed by atoms with van der Waals surface area (Å²) in [5.41, 5.74) is 0.477. The molecule has 1 aliphatic heterocycles. The summed E-state index contributed by atoms with van der Waals surface area (Å²) in [4.78, 5) is 11.8. The van der Waals surface area contributed by atoms with Crippen molar-refractivity contribution in [3.05, 3.63) is 27.2 Å². The first-order valence-electron chi connectivity index (χ1n) is 4.84. The minimum Gasteiger partial charge on any atom is -0.323 e. The van der Waals surface area contributed by atoms with E-state index in [1.807, 2.05) is 0 Å². The molecule has 0 bridgehead atoms. The van der Waals surface area contributed by atoms with Gasteiger partial charge in [0.1, 0.15) is 0 Å². The standard InChI is InChI=1S/C10H9Cl3N2OS/c11-5-1-7(13)8(2-6(5)12)15-10(16)9-3-17-4-14-9/h1-2,9,14H,3-4H2,(H,15,16). The number of thioether (sulfide) groups is 1. The van der Waals surface area contributed by atoms with Crippen LogP contribution in [0.1, 0.15) is 0 Å². The molecule has 17 heavy (non-hydrogen) atoms. The molecule has 1 aliphatic rings. The number of rotatable bonds is 2. The van der Waals surface area contributed by atoms with Crippen LogP contribution < -0.4 is 10.6 Å². The zero-order valence-electron chi connectivity index (χ0n) is 8.60. The van der Waals surface area contributed by atoms with Crippen molar-refractivity contribution in [1.29, 1.82) is 0 Å². The molecule has 0 radical (unpaired) electrons. The zero-order chi connectivity index (χ0) is 12.4. The molecule has 2 rings (SSSR count). The number of benzene rings is 1. The van der Waals surface area contributed by atoms with E-state index in [0.717, 1.165) is 11.6 Å². The van der Waals surface area contributed by atoms with E-state index in [1.165, 1.54) is 6.07 Å². The number of carbonyl (C=O) groups is 1. The van der Waals surface area contributed by atoms with Crippen molar-refractivity contribution in [2.75, 3.05) is 16.9 Å². The van der Waals surface area contributed by atoms with Gasteiger partial charge >= 0.3 is 0 Å². The molecule has 1 saturated heterocycles. The Morgan fingerprint density at radius 3 is 2.65 bits per heavy atom. The normalized spacial score (nSPS) is 19.4. The van der Waals surface area contributed by atoms with E-state index in [1.54, 1.807) is 17.8 Å². The third-order valence-electron chi connectivity index (χ3n) is 2.30. The quantitative estimate of drug-likeness (QED) is 0.824. The van der Waals surface area contributed by atoms with Crippen molar-refractivity contribution < 1.29 is 4.79 Å². The highest BCUT2D eigenvalue weighted by molar-refractivity contribution is 7.99. The minimum absolute atomic E-state index is 0.115. The van der Waals surface area contributed by atoms with Gasteiger partial charge in [-0.3, -0.25) is 10.1 Å². The average molecular weight is 312 g/mol. The van der Waals surface area contributed by atoms with Gasteiger partial charge in [0, 0.05) is 11.6 Å². The number of carbonyl (C=O) groups excluding carboxylic acids is 1. The molecular weight excluding hydrogens is 303 g/mol. The molecule has 1 aromatic carbocycles. The van der Waals surface area contributed by atoms with Gasteiger partial charge in [0.25, 0.3) is 0 Å². The molecule has 0 saturated carbocycles. The van der Waals surface area contributed by atoms with Gasteiger partial charge in [-0.15, -0.1) is 11.8 Å². The Morgan fingerprint density at radius 1 is 1.29 bits per heavy atom. The molecule has 0 aromatic heterocycles. The van der Waals surface area contributed by atoms with E-state index in [2.05, 4.69) is 10.6 Å². The van der Waals surface area contributed by atoms with E-state index in [-0.39, 0.29) is 11.9 Å². The second-order valence-electron chi connectivity index (χ2n) is 3.51. The number of nitrogens with one attached hydrogen (secondary N) is 2. The van der Waals surface area contributed by atoms with Crippen LogP contribution in [0, 0.1) is 0 Å². The van der Waals surface area contributed by atoms with Crippen molar-refractivity contribution in [2.45, 2.75) is 6.04 Å². The van der Waals surface area contributed by atoms with Crippen molar-refractivity contribution in [1.82, 2.24) is 5.32 Å². The summed E-state index contributed by atoms with van der Waals surface area (Å²) in [5, 5.41) is 6.90. The van der Waals surface area contributed by atoms with Crippen LogP contribution in [0.3, 0.4) is 0 Å². The van der Waals surface area contributed by atoms with Crippen molar-refractivity contribution in [3.8, 4) is 0 Å². The maximum absolute atomic E-state index is 11.8. The Hall–Kier alpha value is -0.130. The number of amides is 1. The fourth-order valence-corrected chi connectivity index (χ4v) is 2.94. The largest absolute Gasteiger partial charge is 0.323 e. The SMILES string of the molecule is O=C(Nc1cc(Cl)c(Cl)cc1Cl)C1CSCN1. The maximum atomic E-state index is 11.8. The summed E-state index contributed by atoms with van der Waals surface area (Å²) in [7, 11) is 0. The van der Waals surface area contributed by atoms with Gasteiger partial charge in [-0.25, -0.2) is 0 Å². The summed E-state index contributed by atoms with van der Waals surface area (Å²) in [5.74, 6) is 1.42. The molecule has 3 nitrogen and oxygen atoms in total. The summed E-state index contributed by atoms with van der Waals surface area (Å²) in [6.07, 6.45) is 0. The highest BCUT2D eigenvalue weighted by atomic mass is 35.5. The molecule has 1 heterocycles. The molecule has 92 valence electrons. The Kier molecular flexibility index (Phi) is 4.44. The molecule has 1 atom stereocenters. The highest BCUT2D eigenvalue weighted by Gasteiger charge is 2.23. The molecule has 7 heteroatoms. The van der Waals surface area contributed by atoms with Crippen LogP contribution in [-0.4, -0.2) is 23.6 Å². The summed E-state index contributed by atoms with van der Waals surface area (Å²) in [6.45, 7) is 0. The van der Waals surface area contributed by atoms with Crippen LogP contribution in [-0.2, 0) is 4.79 Å². The van der Waals surface area contributed by atoms with E-state index in [0.29, 0.717) is 20.8 Å². The molecular formula is C10H9Cl3N2OS. The van der Waals surface area contributed by atoms with Gasteiger partial charge in [0.15, 0.2) is 0 Å². The van der Waals surface area contributed by atoms with Crippen LogP contribution in [0.15, 0.2) is 12.1 Å².